The zero-order valence-electron chi connectivity index (χ0n) is 19.4. The van der Waals surface area contributed by atoms with E-state index in [1.807, 2.05) is 27.7 Å². The summed E-state index contributed by atoms with van der Waals surface area (Å²) in [6.07, 6.45) is 0. The molecule has 178 valence electrons. The predicted molar refractivity (Wildman–Crippen MR) is 128 cm³/mol. The molecule has 33 heavy (non-hydrogen) atoms. The lowest BCUT2D eigenvalue weighted by molar-refractivity contribution is 0.0983. The Hall–Kier alpha value is -2.78. The molecule has 0 aliphatic rings. The van der Waals surface area contributed by atoms with Crippen molar-refractivity contribution in [1.29, 1.82) is 0 Å². The first kappa shape index (κ1) is 24.9. The third kappa shape index (κ3) is 5.78. The summed E-state index contributed by atoms with van der Waals surface area (Å²) in [5.41, 5.74) is 0.450. The molecule has 2 aromatic carbocycles. The van der Waals surface area contributed by atoms with Crippen molar-refractivity contribution in [1.82, 2.24) is 9.88 Å². The number of carbonyl (C=O) groups is 1. The molecule has 0 aliphatic carbocycles. The smallest absolute Gasteiger partial charge is 0.260 e. The molecule has 0 radical (unpaired) electrons. The average Bonchev–Trinajstić information content (AvgIpc) is 3.22. The average molecular weight is 478 g/mol. The number of fused-ring (bicyclic) bond motifs is 1. The van der Waals surface area contributed by atoms with Gasteiger partial charge in [-0.25, -0.2) is 13.8 Å². The number of halogens is 2. The Bertz CT molecular complexity index is 1100. The number of hydrogen-bond acceptors (Lipinski definition) is 6. The van der Waals surface area contributed by atoms with Crippen molar-refractivity contribution in [3.8, 4) is 11.5 Å². The van der Waals surface area contributed by atoms with Crippen molar-refractivity contribution in [3.63, 3.8) is 0 Å². The fourth-order valence-corrected chi connectivity index (χ4v) is 4.50. The minimum absolute atomic E-state index is 0.0544. The SMILES string of the molecule is CCOc1ccc(C(=O)N(CCN(CC)CC)c2nc3c(F)cc(F)cc3s2)cc1OCC. The number of amides is 1. The molecule has 3 aromatic rings. The normalized spacial score (nSPS) is 11.2. The molecule has 6 nitrogen and oxygen atoms in total. The molecule has 1 aromatic heterocycles. The number of carbonyl (C=O) groups excluding carboxylic acids is 1. The van der Waals surface area contributed by atoms with Gasteiger partial charge in [0.1, 0.15) is 11.3 Å². The zero-order valence-corrected chi connectivity index (χ0v) is 20.2. The van der Waals surface area contributed by atoms with Gasteiger partial charge in [-0.15, -0.1) is 0 Å². The molecular formula is C24H29F2N3O3S. The maximum Gasteiger partial charge on any atom is 0.260 e. The van der Waals surface area contributed by atoms with Gasteiger partial charge in [-0.05, 0) is 51.2 Å². The lowest BCUT2D eigenvalue weighted by atomic mass is 10.1. The standard InChI is InChI=1S/C24H29F2N3O3S/c1-5-28(6-2)11-12-29(24-27-22-18(26)14-17(25)15-21(22)33-24)23(30)16-9-10-19(31-7-3)20(13-16)32-8-4/h9-10,13-15H,5-8,11-12H2,1-4H3. The summed E-state index contributed by atoms with van der Waals surface area (Å²) < 4.78 is 39.6. The Balaban J connectivity index is 2.01. The second kappa shape index (κ2) is 11.4. The van der Waals surface area contributed by atoms with E-state index in [9.17, 15) is 13.6 Å². The topological polar surface area (TPSA) is 54.9 Å². The summed E-state index contributed by atoms with van der Waals surface area (Å²) in [5, 5.41) is 0.318. The quantitative estimate of drug-likeness (QED) is 0.372. The molecule has 0 unspecified atom stereocenters. The lowest BCUT2D eigenvalue weighted by Crippen LogP contribution is -2.38. The molecule has 3 rings (SSSR count). The molecule has 0 fully saturated rings. The monoisotopic (exact) mass is 477 g/mol. The number of likely N-dealkylation sites (N-methyl/N-ethyl adjacent to an activating group) is 1. The van der Waals surface area contributed by atoms with Crippen LogP contribution in [-0.4, -0.2) is 55.2 Å². The van der Waals surface area contributed by atoms with Crippen LogP contribution in [0.3, 0.4) is 0 Å². The third-order valence-electron chi connectivity index (χ3n) is 5.20. The van der Waals surface area contributed by atoms with E-state index >= 15 is 0 Å². The summed E-state index contributed by atoms with van der Waals surface area (Å²) >= 11 is 1.09. The van der Waals surface area contributed by atoms with Gasteiger partial charge in [0.15, 0.2) is 22.4 Å². The fraction of sp³-hybridized carbons (Fsp3) is 0.417. The molecule has 0 saturated carbocycles. The van der Waals surface area contributed by atoms with Crippen LogP contribution in [0.1, 0.15) is 38.1 Å². The minimum Gasteiger partial charge on any atom is -0.490 e. The van der Waals surface area contributed by atoms with Crippen LogP contribution >= 0.6 is 11.3 Å². The molecular weight excluding hydrogens is 448 g/mol. The third-order valence-corrected chi connectivity index (χ3v) is 6.23. The van der Waals surface area contributed by atoms with Gasteiger partial charge in [-0.3, -0.25) is 9.69 Å². The highest BCUT2D eigenvalue weighted by Gasteiger charge is 2.24. The van der Waals surface area contributed by atoms with Crippen LogP contribution in [0.15, 0.2) is 30.3 Å². The van der Waals surface area contributed by atoms with Gasteiger partial charge in [0.2, 0.25) is 0 Å². The fourth-order valence-electron chi connectivity index (χ4n) is 3.47. The second-order valence-electron chi connectivity index (χ2n) is 7.24. The van der Waals surface area contributed by atoms with Crippen molar-refractivity contribution >= 4 is 32.6 Å². The van der Waals surface area contributed by atoms with Gasteiger partial charge in [-0.1, -0.05) is 25.2 Å². The minimum atomic E-state index is -0.747. The van der Waals surface area contributed by atoms with E-state index in [0.717, 1.165) is 30.5 Å². The summed E-state index contributed by atoms with van der Waals surface area (Å²) in [5.74, 6) is -0.687. The van der Waals surface area contributed by atoms with E-state index in [0.29, 0.717) is 53.2 Å². The molecule has 1 amide bonds. The highest BCUT2D eigenvalue weighted by atomic mass is 32.1. The number of hydrogen-bond donors (Lipinski definition) is 0. The van der Waals surface area contributed by atoms with E-state index in [2.05, 4.69) is 9.88 Å². The summed E-state index contributed by atoms with van der Waals surface area (Å²) in [7, 11) is 0. The Kier molecular flexibility index (Phi) is 8.57. The maximum absolute atomic E-state index is 14.3. The number of rotatable bonds is 11. The van der Waals surface area contributed by atoms with Crippen LogP contribution in [-0.2, 0) is 0 Å². The van der Waals surface area contributed by atoms with E-state index in [1.54, 1.807) is 18.2 Å². The Morgan fingerprint density at radius 1 is 0.970 bits per heavy atom. The first-order chi connectivity index (χ1) is 15.9. The predicted octanol–water partition coefficient (Wildman–Crippen LogP) is 5.36. The molecule has 0 atom stereocenters. The van der Waals surface area contributed by atoms with Crippen LogP contribution in [0.2, 0.25) is 0 Å². The summed E-state index contributed by atoms with van der Waals surface area (Å²) in [6, 6.07) is 7.06. The summed E-state index contributed by atoms with van der Waals surface area (Å²) in [4.78, 5) is 21.6. The van der Waals surface area contributed by atoms with Gasteiger partial charge < -0.3 is 14.4 Å². The van der Waals surface area contributed by atoms with E-state index in [1.165, 1.54) is 11.0 Å². The number of nitrogens with zero attached hydrogens (tertiary/aromatic N) is 3. The number of anilines is 1. The van der Waals surface area contributed by atoms with E-state index < -0.39 is 11.6 Å². The van der Waals surface area contributed by atoms with Crippen molar-refractivity contribution in [2.24, 2.45) is 0 Å². The zero-order chi connectivity index (χ0) is 24.0. The Labute approximate surface area is 196 Å². The molecule has 0 bridgehead atoms. The van der Waals surface area contributed by atoms with Crippen LogP contribution < -0.4 is 14.4 Å². The maximum atomic E-state index is 14.3. The molecule has 9 heteroatoms. The van der Waals surface area contributed by atoms with Crippen LogP contribution in [0.4, 0.5) is 13.9 Å². The summed E-state index contributed by atoms with van der Waals surface area (Å²) in [6.45, 7) is 11.3. The molecule has 0 aliphatic heterocycles. The van der Waals surface area contributed by atoms with E-state index in [4.69, 9.17) is 9.47 Å². The Morgan fingerprint density at radius 2 is 1.67 bits per heavy atom. The largest absolute Gasteiger partial charge is 0.490 e. The van der Waals surface area contributed by atoms with Crippen LogP contribution in [0.25, 0.3) is 10.2 Å². The van der Waals surface area contributed by atoms with Gasteiger partial charge in [0, 0.05) is 24.7 Å². The first-order valence-corrected chi connectivity index (χ1v) is 11.9. The van der Waals surface area contributed by atoms with Crippen LogP contribution in [0.5, 0.6) is 11.5 Å². The highest BCUT2D eigenvalue weighted by Crippen LogP contribution is 2.33. The number of aromatic nitrogens is 1. The van der Waals surface area contributed by atoms with Gasteiger partial charge in [0.25, 0.3) is 5.91 Å². The van der Waals surface area contributed by atoms with E-state index in [-0.39, 0.29) is 11.4 Å². The highest BCUT2D eigenvalue weighted by molar-refractivity contribution is 7.22. The lowest BCUT2D eigenvalue weighted by Gasteiger charge is -2.25. The van der Waals surface area contributed by atoms with Crippen molar-refractivity contribution in [2.45, 2.75) is 27.7 Å². The van der Waals surface area contributed by atoms with Crippen LogP contribution in [0, 0.1) is 11.6 Å². The van der Waals surface area contributed by atoms with Crippen molar-refractivity contribution < 1.29 is 23.0 Å². The number of benzene rings is 2. The number of ether oxygens (including phenoxy) is 2. The molecule has 0 saturated heterocycles. The van der Waals surface area contributed by atoms with Gasteiger partial charge in [-0.2, -0.15) is 0 Å². The molecule has 1 heterocycles. The van der Waals surface area contributed by atoms with Crippen molar-refractivity contribution in [3.05, 3.63) is 47.5 Å². The van der Waals surface area contributed by atoms with Gasteiger partial charge >= 0.3 is 0 Å². The second-order valence-corrected chi connectivity index (χ2v) is 8.25. The Morgan fingerprint density at radius 3 is 2.33 bits per heavy atom. The molecule has 0 spiro atoms. The molecule has 0 N–H and O–H groups in total. The van der Waals surface area contributed by atoms with Gasteiger partial charge in [0.05, 0.1) is 17.9 Å². The van der Waals surface area contributed by atoms with Crippen molar-refractivity contribution in [2.75, 3.05) is 44.3 Å². The number of thiazole rings is 1. The first-order valence-electron chi connectivity index (χ1n) is 11.1.